The molecule has 2 unspecified atom stereocenters. The van der Waals surface area contributed by atoms with Gasteiger partial charge in [0.25, 0.3) is 0 Å². The number of hydrogen-bond donors (Lipinski definition) is 1. The molecule has 4 nitrogen and oxygen atoms in total. The molecule has 2 saturated heterocycles. The summed E-state index contributed by atoms with van der Waals surface area (Å²) in [5.74, 6) is 0.293. The number of nitrogens with zero attached hydrogens (tertiary/aromatic N) is 2. The molecule has 0 aromatic heterocycles. The number of amides is 1. The predicted molar refractivity (Wildman–Crippen MR) is 73.5 cm³/mol. The molecular formula is C14H27N3O. The molecule has 2 aliphatic rings. The van der Waals surface area contributed by atoms with Gasteiger partial charge in [-0.1, -0.05) is 0 Å². The first-order valence-electron chi connectivity index (χ1n) is 7.38. The van der Waals surface area contributed by atoms with E-state index in [1.165, 1.54) is 19.3 Å². The smallest absolute Gasteiger partial charge is 0.236 e. The van der Waals surface area contributed by atoms with Crippen molar-refractivity contribution in [2.24, 2.45) is 0 Å². The van der Waals surface area contributed by atoms with Gasteiger partial charge in [0.2, 0.25) is 5.91 Å². The van der Waals surface area contributed by atoms with Crippen LogP contribution in [-0.2, 0) is 4.79 Å². The molecule has 1 N–H and O–H groups in total. The van der Waals surface area contributed by atoms with Gasteiger partial charge in [-0.15, -0.1) is 0 Å². The number of nitrogens with one attached hydrogen (secondary N) is 1. The van der Waals surface area contributed by atoms with Crippen LogP contribution in [0.2, 0.25) is 0 Å². The lowest BCUT2D eigenvalue weighted by atomic mass is 9.99. The van der Waals surface area contributed by atoms with E-state index in [9.17, 15) is 4.79 Å². The topological polar surface area (TPSA) is 35.6 Å². The minimum absolute atomic E-state index is 0.293. The van der Waals surface area contributed by atoms with E-state index in [0.29, 0.717) is 24.5 Å². The Balaban J connectivity index is 1.69. The van der Waals surface area contributed by atoms with Crippen LogP contribution >= 0.6 is 0 Å². The minimum Gasteiger partial charge on any atom is -0.342 e. The van der Waals surface area contributed by atoms with Gasteiger partial charge < -0.3 is 15.1 Å². The first kappa shape index (κ1) is 13.8. The summed E-state index contributed by atoms with van der Waals surface area (Å²) in [4.78, 5) is 16.5. The van der Waals surface area contributed by atoms with E-state index in [4.69, 9.17) is 0 Å². The third kappa shape index (κ3) is 3.69. The van der Waals surface area contributed by atoms with E-state index < -0.39 is 0 Å². The molecule has 104 valence electrons. The normalized spacial score (nSPS) is 30.4. The lowest BCUT2D eigenvalue weighted by Gasteiger charge is -2.36. The third-order valence-electron chi connectivity index (χ3n) is 4.46. The van der Waals surface area contributed by atoms with E-state index in [2.05, 4.69) is 24.2 Å². The predicted octanol–water partition coefficient (Wildman–Crippen LogP) is 1.07. The first-order chi connectivity index (χ1) is 8.66. The van der Waals surface area contributed by atoms with Gasteiger partial charge in [0, 0.05) is 25.2 Å². The molecule has 0 aromatic rings. The quantitative estimate of drug-likeness (QED) is 0.817. The van der Waals surface area contributed by atoms with Crippen molar-refractivity contribution in [3.05, 3.63) is 0 Å². The lowest BCUT2D eigenvalue weighted by Crippen LogP contribution is -2.49. The Kier molecular flexibility index (Phi) is 5.01. The van der Waals surface area contributed by atoms with E-state index in [1.807, 2.05) is 4.90 Å². The molecule has 2 fully saturated rings. The highest BCUT2D eigenvalue weighted by atomic mass is 16.2. The maximum absolute atomic E-state index is 12.0. The summed E-state index contributed by atoms with van der Waals surface area (Å²) >= 11 is 0. The van der Waals surface area contributed by atoms with Crippen LogP contribution in [0.3, 0.4) is 0 Å². The van der Waals surface area contributed by atoms with Gasteiger partial charge in [-0.25, -0.2) is 0 Å². The van der Waals surface area contributed by atoms with Crippen LogP contribution in [0.15, 0.2) is 0 Å². The van der Waals surface area contributed by atoms with Gasteiger partial charge in [-0.05, 0) is 52.6 Å². The molecule has 2 heterocycles. The monoisotopic (exact) mass is 253 g/mol. The fourth-order valence-corrected chi connectivity index (χ4v) is 2.96. The zero-order valence-corrected chi connectivity index (χ0v) is 11.8. The zero-order chi connectivity index (χ0) is 13.0. The molecule has 0 bridgehead atoms. The van der Waals surface area contributed by atoms with Crippen LogP contribution in [0.5, 0.6) is 0 Å². The van der Waals surface area contributed by atoms with Crippen molar-refractivity contribution in [3.8, 4) is 0 Å². The Hall–Kier alpha value is -0.610. The Labute approximate surface area is 111 Å². The minimum atomic E-state index is 0.293. The van der Waals surface area contributed by atoms with Gasteiger partial charge in [-0.2, -0.15) is 0 Å². The van der Waals surface area contributed by atoms with Crippen LogP contribution in [0, 0.1) is 0 Å². The number of piperidine rings is 2. The molecule has 0 aromatic carbocycles. The Bertz CT molecular complexity index is 276. The van der Waals surface area contributed by atoms with Crippen molar-refractivity contribution in [1.29, 1.82) is 0 Å². The van der Waals surface area contributed by atoms with Crippen molar-refractivity contribution < 1.29 is 4.79 Å². The second kappa shape index (κ2) is 6.53. The summed E-state index contributed by atoms with van der Waals surface area (Å²) in [6.07, 6.45) is 5.95. The average Bonchev–Trinajstić information content (AvgIpc) is 2.41. The van der Waals surface area contributed by atoms with Gasteiger partial charge in [-0.3, -0.25) is 4.79 Å². The molecule has 2 rings (SSSR count). The maximum Gasteiger partial charge on any atom is 0.236 e. The van der Waals surface area contributed by atoms with E-state index in [0.717, 1.165) is 32.5 Å². The second-order valence-electron chi connectivity index (χ2n) is 5.87. The average molecular weight is 253 g/mol. The number of likely N-dealkylation sites (tertiary alicyclic amines) is 2. The van der Waals surface area contributed by atoms with Crippen molar-refractivity contribution >= 4 is 5.91 Å². The SMILES string of the molecule is CC1CC(NCC(=O)N2CCCCC2)CCN1C. The molecule has 0 saturated carbocycles. The maximum atomic E-state index is 12.0. The Morgan fingerprint density at radius 3 is 2.61 bits per heavy atom. The van der Waals surface area contributed by atoms with Crippen molar-refractivity contribution in [3.63, 3.8) is 0 Å². The van der Waals surface area contributed by atoms with Crippen LogP contribution in [0.25, 0.3) is 0 Å². The number of carbonyl (C=O) groups is 1. The summed E-state index contributed by atoms with van der Waals surface area (Å²) in [5.41, 5.74) is 0. The number of rotatable bonds is 3. The van der Waals surface area contributed by atoms with Crippen LogP contribution in [-0.4, -0.2) is 61.0 Å². The Morgan fingerprint density at radius 2 is 1.94 bits per heavy atom. The fourth-order valence-electron chi connectivity index (χ4n) is 2.96. The fraction of sp³-hybridized carbons (Fsp3) is 0.929. The molecule has 1 amide bonds. The van der Waals surface area contributed by atoms with Crippen LogP contribution in [0.1, 0.15) is 39.0 Å². The Morgan fingerprint density at radius 1 is 1.22 bits per heavy atom. The summed E-state index contributed by atoms with van der Waals surface area (Å²) in [6.45, 7) is 5.85. The third-order valence-corrected chi connectivity index (χ3v) is 4.46. The molecular weight excluding hydrogens is 226 g/mol. The molecule has 2 aliphatic heterocycles. The molecule has 18 heavy (non-hydrogen) atoms. The highest BCUT2D eigenvalue weighted by Crippen LogP contribution is 2.15. The molecule has 2 atom stereocenters. The van der Waals surface area contributed by atoms with Crippen molar-refractivity contribution in [2.75, 3.05) is 33.2 Å². The van der Waals surface area contributed by atoms with Gasteiger partial charge in [0.1, 0.15) is 0 Å². The second-order valence-corrected chi connectivity index (χ2v) is 5.87. The lowest BCUT2D eigenvalue weighted by molar-refractivity contribution is -0.131. The summed E-state index contributed by atoms with van der Waals surface area (Å²) in [6, 6.07) is 1.14. The molecule has 0 radical (unpaired) electrons. The van der Waals surface area contributed by atoms with E-state index >= 15 is 0 Å². The zero-order valence-electron chi connectivity index (χ0n) is 11.8. The molecule has 0 spiro atoms. The summed E-state index contributed by atoms with van der Waals surface area (Å²) < 4.78 is 0. The van der Waals surface area contributed by atoms with Gasteiger partial charge in [0.05, 0.1) is 6.54 Å². The largest absolute Gasteiger partial charge is 0.342 e. The first-order valence-corrected chi connectivity index (χ1v) is 7.38. The van der Waals surface area contributed by atoms with Crippen molar-refractivity contribution in [2.45, 2.75) is 51.1 Å². The number of carbonyl (C=O) groups excluding carboxylic acids is 1. The van der Waals surface area contributed by atoms with Crippen LogP contribution < -0.4 is 5.32 Å². The highest BCUT2D eigenvalue weighted by Gasteiger charge is 2.23. The highest BCUT2D eigenvalue weighted by molar-refractivity contribution is 5.78. The summed E-state index contributed by atoms with van der Waals surface area (Å²) in [7, 11) is 2.18. The standard InChI is InChI=1S/C14H27N3O/c1-12-10-13(6-9-16(12)2)15-11-14(18)17-7-4-3-5-8-17/h12-13,15H,3-11H2,1-2H3. The van der Waals surface area contributed by atoms with Gasteiger partial charge >= 0.3 is 0 Å². The van der Waals surface area contributed by atoms with Crippen molar-refractivity contribution in [1.82, 2.24) is 15.1 Å². The summed E-state index contributed by atoms with van der Waals surface area (Å²) in [5, 5.41) is 3.45. The van der Waals surface area contributed by atoms with E-state index in [-0.39, 0.29) is 0 Å². The molecule has 4 heteroatoms. The van der Waals surface area contributed by atoms with Gasteiger partial charge in [0.15, 0.2) is 0 Å². The molecule has 0 aliphatic carbocycles. The van der Waals surface area contributed by atoms with E-state index in [1.54, 1.807) is 0 Å². The van der Waals surface area contributed by atoms with Crippen LogP contribution in [0.4, 0.5) is 0 Å². The number of hydrogen-bond acceptors (Lipinski definition) is 3.